The lowest BCUT2D eigenvalue weighted by molar-refractivity contribution is -0.154. The molecule has 5 nitrogen and oxygen atoms in total. The Balaban J connectivity index is 1.87. The molecule has 0 bridgehead atoms. The van der Waals surface area contributed by atoms with Crippen molar-refractivity contribution in [3.63, 3.8) is 0 Å². The Kier molecular flexibility index (Phi) is 5.46. The summed E-state index contributed by atoms with van der Waals surface area (Å²) in [6.45, 7) is -0.486. The van der Waals surface area contributed by atoms with Gasteiger partial charge in [-0.15, -0.1) is 0 Å². The van der Waals surface area contributed by atoms with Crippen molar-refractivity contribution >= 4 is 5.96 Å². The molecule has 1 fully saturated rings. The van der Waals surface area contributed by atoms with E-state index in [2.05, 4.69) is 15.3 Å². The van der Waals surface area contributed by atoms with Gasteiger partial charge in [-0.2, -0.15) is 13.2 Å². The van der Waals surface area contributed by atoms with Gasteiger partial charge in [0.25, 0.3) is 0 Å². The van der Waals surface area contributed by atoms with Crippen LogP contribution in [0.2, 0.25) is 0 Å². The number of nitrogens with one attached hydrogen (secondary N) is 1. The number of halogens is 3. The molecule has 0 unspecified atom stereocenters. The molecular weight excluding hydrogens is 297 g/mol. The lowest BCUT2D eigenvalue weighted by atomic mass is 9.85. The average molecular weight is 316 g/mol. The fraction of sp³-hybridized carbons (Fsp3) is 0.571. The van der Waals surface area contributed by atoms with Gasteiger partial charge in [0, 0.05) is 18.3 Å². The van der Waals surface area contributed by atoms with Crippen LogP contribution in [0, 0.1) is 5.92 Å². The van der Waals surface area contributed by atoms with Gasteiger partial charge in [0.2, 0.25) is 5.88 Å². The maximum absolute atomic E-state index is 12.2. The molecule has 2 rings (SSSR count). The van der Waals surface area contributed by atoms with E-state index in [-0.39, 0.29) is 18.4 Å². The molecule has 0 aliphatic heterocycles. The second-order valence-corrected chi connectivity index (χ2v) is 5.25. The molecule has 22 heavy (non-hydrogen) atoms. The summed E-state index contributed by atoms with van der Waals surface area (Å²) in [6.07, 6.45) is 0.605. The molecule has 0 radical (unpaired) electrons. The van der Waals surface area contributed by atoms with Crippen molar-refractivity contribution in [2.24, 2.45) is 16.6 Å². The highest BCUT2D eigenvalue weighted by Crippen LogP contribution is 2.25. The maximum atomic E-state index is 12.2. The Bertz CT molecular complexity index is 515. The fourth-order valence-corrected chi connectivity index (χ4v) is 2.00. The Morgan fingerprint density at radius 1 is 1.45 bits per heavy atom. The quantitative estimate of drug-likeness (QED) is 0.623. The molecule has 8 heteroatoms. The summed E-state index contributed by atoms with van der Waals surface area (Å²) in [4.78, 5) is 7.92. The molecule has 1 aliphatic rings. The van der Waals surface area contributed by atoms with Gasteiger partial charge in [-0.25, -0.2) is 9.98 Å². The minimum absolute atomic E-state index is 0.0737. The maximum Gasteiger partial charge on any atom is 0.422 e. The molecule has 0 aromatic carbocycles. The number of rotatable bonds is 6. The Hall–Kier alpha value is -1.99. The summed E-state index contributed by atoms with van der Waals surface area (Å²) in [5.41, 5.74) is 6.20. The van der Waals surface area contributed by atoms with E-state index < -0.39 is 12.8 Å². The average Bonchev–Trinajstić information content (AvgIpc) is 2.41. The zero-order valence-corrected chi connectivity index (χ0v) is 12.1. The van der Waals surface area contributed by atoms with Crippen molar-refractivity contribution in [2.45, 2.75) is 32.0 Å². The van der Waals surface area contributed by atoms with Crippen LogP contribution in [0.3, 0.4) is 0 Å². The lowest BCUT2D eigenvalue weighted by Gasteiger charge is -2.25. The lowest BCUT2D eigenvalue weighted by Crippen LogP contribution is -2.37. The number of alkyl halides is 3. The first-order valence-corrected chi connectivity index (χ1v) is 7.11. The summed E-state index contributed by atoms with van der Waals surface area (Å²) in [5, 5.41) is 3.02. The molecule has 1 heterocycles. The minimum Gasteiger partial charge on any atom is -0.468 e. The number of hydrogen-bond acceptors (Lipinski definition) is 3. The molecule has 1 saturated carbocycles. The summed E-state index contributed by atoms with van der Waals surface area (Å²) in [5.74, 6) is 0.839. The third-order valence-electron chi connectivity index (χ3n) is 3.44. The SMILES string of the molecule is NC(=NCc1cccnc1OCC(F)(F)F)NCC1CCC1. The molecule has 1 aromatic rings. The van der Waals surface area contributed by atoms with Crippen LogP contribution in [0.25, 0.3) is 0 Å². The molecule has 0 spiro atoms. The van der Waals surface area contributed by atoms with Crippen molar-refractivity contribution < 1.29 is 17.9 Å². The van der Waals surface area contributed by atoms with E-state index in [1.54, 1.807) is 12.1 Å². The van der Waals surface area contributed by atoms with E-state index in [1.807, 2.05) is 0 Å². The van der Waals surface area contributed by atoms with Crippen LogP contribution in [0.5, 0.6) is 5.88 Å². The van der Waals surface area contributed by atoms with E-state index >= 15 is 0 Å². The fourth-order valence-electron chi connectivity index (χ4n) is 2.00. The molecule has 0 saturated heterocycles. The second kappa shape index (κ2) is 7.33. The predicted molar refractivity (Wildman–Crippen MR) is 76.5 cm³/mol. The first kappa shape index (κ1) is 16.4. The normalized spacial score (nSPS) is 16.2. The van der Waals surface area contributed by atoms with Crippen LogP contribution >= 0.6 is 0 Å². The molecule has 1 aliphatic carbocycles. The van der Waals surface area contributed by atoms with Gasteiger partial charge in [0.15, 0.2) is 12.6 Å². The third kappa shape index (κ3) is 5.42. The van der Waals surface area contributed by atoms with Crippen molar-refractivity contribution in [1.29, 1.82) is 0 Å². The number of nitrogens with zero attached hydrogens (tertiary/aromatic N) is 2. The first-order valence-electron chi connectivity index (χ1n) is 7.11. The summed E-state index contributed by atoms with van der Waals surface area (Å²) in [6, 6.07) is 3.23. The molecule has 3 N–H and O–H groups in total. The Morgan fingerprint density at radius 3 is 2.86 bits per heavy atom. The van der Waals surface area contributed by atoms with Crippen LogP contribution in [0.4, 0.5) is 13.2 Å². The van der Waals surface area contributed by atoms with Crippen molar-refractivity contribution in [3.05, 3.63) is 23.9 Å². The summed E-state index contributed by atoms with van der Waals surface area (Å²) >= 11 is 0. The highest BCUT2D eigenvalue weighted by Gasteiger charge is 2.29. The zero-order chi connectivity index (χ0) is 16.0. The monoisotopic (exact) mass is 316 g/mol. The van der Waals surface area contributed by atoms with Gasteiger partial charge < -0.3 is 15.8 Å². The number of pyridine rings is 1. The summed E-state index contributed by atoms with van der Waals surface area (Å²) in [7, 11) is 0. The van der Waals surface area contributed by atoms with Crippen molar-refractivity contribution in [1.82, 2.24) is 10.3 Å². The summed E-state index contributed by atoms with van der Waals surface area (Å²) < 4.78 is 41.3. The van der Waals surface area contributed by atoms with Gasteiger partial charge in [-0.05, 0) is 24.8 Å². The number of aromatic nitrogens is 1. The predicted octanol–water partition coefficient (Wildman–Crippen LogP) is 2.23. The molecule has 0 atom stereocenters. The Labute approximate surface area is 126 Å². The first-order chi connectivity index (χ1) is 10.4. The molecule has 0 amide bonds. The number of nitrogens with two attached hydrogens (primary N) is 1. The number of ether oxygens (including phenoxy) is 1. The van der Waals surface area contributed by atoms with E-state index in [1.165, 1.54) is 25.5 Å². The molecule has 122 valence electrons. The number of hydrogen-bond donors (Lipinski definition) is 2. The van der Waals surface area contributed by atoms with Gasteiger partial charge in [-0.1, -0.05) is 12.5 Å². The molecular formula is C14H19F3N4O. The van der Waals surface area contributed by atoms with E-state index in [0.717, 1.165) is 6.54 Å². The zero-order valence-electron chi connectivity index (χ0n) is 12.1. The highest BCUT2D eigenvalue weighted by atomic mass is 19.4. The second-order valence-electron chi connectivity index (χ2n) is 5.25. The van der Waals surface area contributed by atoms with Gasteiger partial charge in [0.1, 0.15) is 0 Å². The van der Waals surface area contributed by atoms with Crippen LogP contribution in [-0.4, -0.2) is 30.3 Å². The topological polar surface area (TPSA) is 72.5 Å². The third-order valence-corrected chi connectivity index (χ3v) is 3.44. The highest BCUT2D eigenvalue weighted by molar-refractivity contribution is 5.77. The number of aliphatic imine (C=N–C) groups is 1. The van der Waals surface area contributed by atoms with Crippen LogP contribution < -0.4 is 15.8 Å². The van der Waals surface area contributed by atoms with E-state index in [0.29, 0.717) is 11.5 Å². The van der Waals surface area contributed by atoms with E-state index in [4.69, 9.17) is 10.5 Å². The van der Waals surface area contributed by atoms with Gasteiger partial charge >= 0.3 is 6.18 Å². The van der Waals surface area contributed by atoms with Crippen LogP contribution in [-0.2, 0) is 6.54 Å². The van der Waals surface area contributed by atoms with Crippen LogP contribution in [0.15, 0.2) is 23.3 Å². The standard InChI is InChI=1S/C14H19F3N4O/c15-14(16,17)9-22-12-11(5-2-6-19-12)8-21-13(18)20-7-10-3-1-4-10/h2,5-6,10H,1,3-4,7-9H2,(H3,18,20,21). The number of guanidine groups is 1. The Morgan fingerprint density at radius 2 is 2.23 bits per heavy atom. The minimum atomic E-state index is -4.40. The van der Waals surface area contributed by atoms with Crippen molar-refractivity contribution in [2.75, 3.05) is 13.2 Å². The van der Waals surface area contributed by atoms with E-state index in [9.17, 15) is 13.2 Å². The smallest absolute Gasteiger partial charge is 0.422 e. The van der Waals surface area contributed by atoms with Crippen LogP contribution in [0.1, 0.15) is 24.8 Å². The molecule has 1 aromatic heterocycles. The largest absolute Gasteiger partial charge is 0.468 e. The van der Waals surface area contributed by atoms with Crippen molar-refractivity contribution in [3.8, 4) is 5.88 Å². The van der Waals surface area contributed by atoms with Gasteiger partial charge in [0.05, 0.1) is 6.54 Å². The van der Waals surface area contributed by atoms with Gasteiger partial charge in [-0.3, -0.25) is 0 Å².